The van der Waals surface area contributed by atoms with Crippen LogP contribution in [-0.2, 0) is 4.79 Å². The Morgan fingerprint density at radius 1 is 0.969 bits per heavy atom. The first-order valence-corrected chi connectivity index (χ1v) is 10.1. The van der Waals surface area contributed by atoms with Crippen molar-refractivity contribution in [3.63, 3.8) is 0 Å². The summed E-state index contributed by atoms with van der Waals surface area (Å²) in [5.74, 6) is -0.510. The second-order valence-corrected chi connectivity index (χ2v) is 7.29. The highest BCUT2D eigenvalue weighted by atomic mass is 16.5. The van der Waals surface area contributed by atoms with Crippen molar-refractivity contribution in [2.24, 2.45) is 5.73 Å². The number of primary amides is 1. The van der Waals surface area contributed by atoms with E-state index in [0.717, 1.165) is 22.8 Å². The molecule has 166 valence electrons. The van der Waals surface area contributed by atoms with Gasteiger partial charge in [-0.3, -0.25) is 14.4 Å². The predicted molar refractivity (Wildman–Crippen MR) is 122 cm³/mol. The molecule has 0 bridgehead atoms. The number of carbonyl (C=O) groups is 3. The smallest absolute Gasteiger partial charge is 0.257 e. The Kier molecular flexibility index (Phi) is 6.94. The van der Waals surface area contributed by atoms with Gasteiger partial charge in [0.2, 0.25) is 5.91 Å². The minimum absolute atomic E-state index is 0.0382. The Morgan fingerprint density at radius 3 is 2.44 bits per heavy atom. The summed E-state index contributed by atoms with van der Waals surface area (Å²) < 4.78 is 7.28. The van der Waals surface area contributed by atoms with E-state index in [1.807, 2.05) is 42.7 Å². The van der Waals surface area contributed by atoms with Gasteiger partial charge in [-0.15, -0.1) is 0 Å². The van der Waals surface area contributed by atoms with Crippen molar-refractivity contribution in [3.8, 4) is 11.4 Å². The molecule has 3 amide bonds. The van der Waals surface area contributed by atoms with E-state index in [2.05, 4.69) is 10.6 Å². The van der Waals surface area contributed by atoms with Crippen molar-refractivity contribution in [2.75, 3.05) is 19.0 Å². The van der Waals surface area contributed by atoms with Crippen LogP contribution in [0.15, 0.2) is 54.6 Å². The van der Waals surface area contributed by atoms with Gasteiger partial charge in [-0.25, -0.2) is 0 Å². The summed E-state index contributed by atoms with van der Waals surface area (Å²) in [5.41, 5.74) is 8.81. The fourth-order valence-electron chi connectivity index (χ4n) is 3.51. The number of amides is 3. The van der Waals surface area contributed by atoms with Gasteiger partial charge in [0.05, 0.1) is 23.9 Å². The number of hydrogen-bond donors (Lipinski definition) is 3. The molecule has 32 heavy (non-hydrogen) atoms. The molecule has 3 aromatic rings. The van der Waals surface area contributed by atoms with Gasteiger partial charge in [-0.05, 0) is 44.2 Å². The fraction of sp³-hybridized carbons (Fsp3) is 0.208. The predicted octanol–water partition coefficient (Wildman–Crippen LogP) is 2.96. The van der Waals surface area contributed by atoms with Crippen molar-refractivity contribution in [1.82, 2.24) is 9.88 Å². The Hall–Kier alpha value is -4.07. The molecule has 3 rings (SSSR count). The lowest BCUT2D eigenvalue weighted by molar-refractivity contribution is -0.117. The molecule has 0 radical (unpaired) electrons. The molecule has 0 saturated carbocycles. The minimum Gasteiger partial charge on any atom is -0.497 e. The van der Waals surface area contributed by atoms with Crippen LogP contribution in [0.25, 0.3) is 5.69 Å². The summed E-state index contributed by atoms with van der Waals surface area (Å²) in [6.45, 7) is 3.91. The van der Waals surface area contributed by atoms with Crippen LogP contribution in [0.1, 0.15) is 38.5 Å². The van der Waals surface area contributed by atoms with E-state index >= 15 is 0 Å². The highest BCUT2D eigenvalue weighted by molar-refractivity contribution is 6.09. The molecule has 0 spiro atoms. The van der Waals surface area contributed by atoms with E-state index in [4.69, 9.17) is 10.5 Å². The van der Waals surface area contributed by atoms with Crippen LogP contribution < -0.4 is 21.1 Å². The van der Waals surface area contributed by atoms with Crippen LogP contribution in [0.3, 0.4) is 0 Å². The Morgan fingerprint density at radius 2 is 1.72 bits per heavy atom. The van der Waals surface area contributed by atoms with Gasteiger partial charge < -0.3 is 25.7 Å². The van der Waals surface area contributed by atoms with Gasteiger partial charge in [-0.1, -0.05) is 18.2 Å². The molecule has 0 fully saturated rings. The molecule has 4 N–H and O–H groups in total. The van der Waals surface area contributed by atoms with Gasteiger partial charge in [0, 0.05) is 36.1 Å². The van der Waals surface area contributed by atoms with Crippen molar-refractivity contribution >= 4 is 23.4 Å². The molecule has 8 heteroatoms. The van der Waals surface area contributed by atoms with E-state index in [-0.39, 0.29) is 18.9 Å². The van der Waals surface area contributed by atoms with Gasteiger partial charge >= 0.3 is 0 Å². The van der Waals surface area contributed by atoms with Crippen molar-refractivity contribution < 1.29 is 19.1 Å². The highest BCUT2D eigenvalue weighted by Crippen LogP contribution is 2.25. The van der Waals surface area contributed by atoms with Crippen molar-refractivity contribution in [1.29, 1.82) is 0 Å². The van der Waals surface area contributed by atoms with Gasteiger partial charge in [0.1, 0.15) is 5.75 Å². The number of methoxy groups -OCH3 is 1. The second-order valence-electron chi connectivity index (χ2n) is 7.29. The van der Waals surface area contributed by atoms with Crippen LogP contribution in [-0.4, -0.2) is 35.9 Å². The SMILES string of the molecule is COc1cccc(-n2c(C)cc(C(=O)Nc3ccccc3C(=O)NCCC(N)=O)c2C)c1. The molecule has 0 aliphatic carbocycles. The lowest BCUT2D eigenvalue weighted by Gasteiger charge is -2.13. The average molecular weight is 434 g/mol. The number of benzene rings is 2. The molecular weight excluding hydrogens is 408 g/mol. The zero-order chi connectivity index (χ0) is 23.3. The van der Waals surface area contributed by atoms with Crippen LogP contribution in [0.5, 0.6) is 5.75 Å². The van der Waals surface area contributed by atoms with Crippen LogP contribution in [0.4, 0.5) is 5.69 Å². The van der Waals surface area contributed by atoms with E-state index in [1.165, 1.54) is 0 Å². The molecule has 1 heterocycles. The summed E-state index contributed by atoms with van der Waals surface area (Å²) >= 11 is 0. The summed E-state index contributed by atoms with van der Waals surface area (Å²) in [7, 11) is 1.61. The third-order valence-electron chi connectivity index (χ3n) is 5.06. The topological polar surface area (TPSA) is 115 Å². The molecule has 0 aliphatic heterocycles. The molecule has 0 aliphatic rings. The monoisotopic (exact) mass is 434 g/mol. The Labute approximate surface area is 186 Å². The van der Waals surface area contributed by atoms with Crippen molar-refractivity contribution in [2.45, 2.75) is 20.3 Å². The maximum absolute atomic E-state index is 13.1. The fourth-order valence-corrected chi connectivity index (χ4v) is 3.51. The van der Waals surface area contributed by atoms with Crippen LogP contribution in [0.2, 0.25) is 0 Å². The third-order valence-corrected chi connectivity index (χ3v) is 5.06. The molecule has 2 aromatic carbocycles. The van der Waals surface area contributed by atoms with Gasteiger partial charge in [0.25, 0.3) is 11.8 Å². The zero-order valence-corrected chi connectivity index (χ0v) is 18.3. The summed E-state index contributed by atoms with van der Waals surface area (Å²) in [6.07, 6.45) is 0.0382. The largest absolute Gasteiger partial charge is 0.497 e. The molecule has 0 atom stereocenters. The van der Waals surface area contributed by atoms with Crippen molar-refractivity contribution in [3.05, 3.63) is 77.1 Å². The lowest BCUT2D eigenvalue weighted by atomic mass is 10.1. The number of nitrogens with zero attached hydrogens (tertiary/aromatic N) is 1. The summed E-state index contributed by atoms with van der Waals surface area (Å²) in [5, 5.41) is 5.47. The standard InChI is InChI=1S/C24H26N4O4/c1-15-13-20(16(2)28(15)17-7-6-8-18(14-17)32-3)24(31)27-21-10-5-4-9-19(21)23(30)26-12-11-22(25)29/h4-10,13-14H,11-12H2,1-3H3,(H2,25,29)(H,26,30)(H,27,31). The number of nitrogens with one attached hydrogen (secondary N) is 2. The normalized spacial score (nSPS) is 10.5. The van der Waals surface area contributed by atoms with Gasteiger partial charge in [0.15, 0.2) is 0 Å². The van der Waals surface area contributed by atoms with Crippen LogP contribution >= 0.6 is 0 Å². The molecule has 0 unspecified atom stereocenters. The first-order valence-electron chi connectivity index (χ1n) is 10.1. The Bertz CT molecular complexity index is 1170. The zero-order valence-electron chi connectivity index (χ0n) is 18.3. The first kappa shape index (κ1) is 22.6. The molecule has 0 saturated heterocycles. The number of rotatable bonds is 8. The highest BCUT2D eigenvalue weighted by Gasteiger charge is 2.19. The average Bonchev–Trinajstić information content (AvgIpc) is 3.07. The molecule has 8 nitrogen and oxygen atoms in total. The second kappa shape index (κ2) is 9.82. The number of hydrogen-bond acceptors (Lipinski definition) is 4. The first-order chi connectivity index (χ1) is 15.3. The number of aromatic nitrogens is 1. The van der Waals surface area contributed by atoms with Crippen LogP contribution in [0, 0.1) is 13.8 Å². The van der Waals surface area contributed by atoms with E-state index in [0.29, 0.717) is 16.8 Å². The number of anilines is 1. The number of carbonyl (C=O) groups excluding carboxylic acids is 3. The third kappa shape index (κ3) is 4.97. The number of para-hydroxylation sites is 1. The maximum Gasteiger partial charge on any atom is 0.257 e. The quantitative estimate of drug-likeness (QED) is 0.505. The maximum atomic E-state index is 13.1. The number of aryl methyl sites for hydroxylation is 1. The van der Waals surface area contributed by atoms with E-state index in [1.54, 1.807) is 37.4 Å². The number of ether oxygens (including phenoxy) is 1. The minimum atomic E-state index is -0.502. The summed E-state index contributed by atoms with van der Waals surface area (Å²) in [4.78, 5) is 36.5. The van der Waals surface area contributed by atoms with E-state index in [9.17, 15) is 14.4 Å². The van der Waals surface area contributed by atoms with E-state index < -0.39 is 11.8 Å². The lowest BCUT2D eigenvalue weighted by Crippen LogP contribution is -2.28. The molecular formula is C24H26N4O4. The number of nitrogens with two attached hydrogens (primary N) is 1. The van der Waals surface area contributed by atoms with Gasteiger partial charge in [-0.2, -0.15) is 0 Å². The summed E-state index contributed by atoms with van der Waals surface area (Å²) in [6, 6.07) is 16.1. The Balaban J connectivity index is 1.84. The molecule has 1 aromatic heterocycles.